The minimum absolute atomic E-state index is 0.0785. The lowest BCUT2D eigenvalue weighted by Gasteiger charge is -2.42. The summed E-state index contributed by atoms with van der Waals surface area (Å²) < 4.78 is 41.9. The van der Waals surface area contributed by atoms with E-state index in [-0.39, 0.29) is 17.8 Å². The van der Waals surface area contributed by atoms with Gasteiger partial charge in [-0.15, -0.1) is 0 Å². The fourth-order valence-electron chi connectivity index (χ4n) is 6.05. The summed E-state index contributed by atoms with van der Waals surface area (Å²) in [6.45, 7) is 6.70. The van der Waals surface area contributed by atoms with Crippen molar-refractivity contribution >= 4 is 23.1 Å². The molecule has 41 heavy (non-hydrogen) atoms. The first-order valence-corrected chi connectivity index (χ1v) is 14.3. The van der Waals surface area contributed by atoms with Crippen molar-refractivity contribution in [2.24, 2.45) is 0 Å². The van der Waals surface area contributed by atoms with E-state index in [0.717, 1.165) is 43.6 Å². The average molecular weight is 568 g/mol. The van der Waals surface area contributed by atoms with Crippen LogP contribution in [0.2, 0.25) is 0 Å². The Morgan fingerprint density at radius 3 is 2.27 bits per heavy atom. The van der Waals surface area contributed by atoms with Crippen LogP contribution in [0, 0.1) is 0 Å². The first-order chi connectivity index (χ1) is 19.8. The molecular weight excluding hydrogens is 531 g/mol. The molecule has 3 fully saturated rings. The van der Waals surface area contributed by atoms with Crippen molar-refractivity contribution in [2.45, 2.75) is 37.5 Å². The molecule has 0 aliphatic carbocycles. The zero-order chi connectivity index (χ0) is 28.4. The third-order valence-electron chi connectivity index (χ3n) is 8.38. The molecule has 11 heteroatoms. The van der Waals surface area contributed by atoms with Crippen LogP contribution in [0.1, 0.15) is 36.4 Å². The molecule has 6 rings (SSSR count). The van der Waals surface area contributed by atoms with Gasteiger partial charge in [0.25, 0.3) is 0 Å². The van der Waals surface area contributed by atoms with Crippen LogP contribution in [-0.2, 0) is 11.0 Å². The molecule has 0 spiro atoms. The number of hydroxylamine groups is 1. The Balaban J connectivity index is 1.14. The molecule has 3 aromatic rings. The minimum Gasteiger partial charge on any atom is -0.369 e. The van der Waals surface area contributed by atoms with E-state index in [1.54, 1.807) is 0 Å². The highest BCUT2D eigenvalue weighted by Gasteiger charge is 2.40. The molecule has 0 amide bonds. The lowest BCUT2D eigenvalue weighted by molar-refractivity contribution is -0.138. The van der Waals surface area contributed by atoms with Crippen LogP contribution in [-0.4, -0.2) is 78.7 Å². The number of alkyl halides is 3. The Kier molecular flexibility index (Phi) is 8.01. The first-order valence-electron chi connectivity index (χ1n) is 14.3. The largest absolute Gasteiger partial charge is 0.421 e. The zero-order valence-electron chi connectivity index (χ0n) is 23.2. The average Bonchev–Trinajstić information content (AvgIpc) is 3.48. The van der Waals surface area contributed by atoms with E-state index in [1.165, 1.54) is 31.0 Å². The number of nitrogens with zero attached hydrogens (tertiary/aromatic N) is 6. The van der Waals surface area contributed by atoms with E-state index >= 15 is 0 Å². The van der Waals surface area contributed by atoms with Gasteiger partial charge in [0, 0.05) is 56.2 Å². The van der Waals surface area contributed by atoms with Crippen molar-refractivity contribution in [2.75, 3.05) is 68.2 Å². The number of rotatable bonds is 6. The Hall–Kier alpha value is -3.41. The standard InChI is InChI=1S/C30H36F3N7O/c1-37-14-11-25(12-15-37)39-18-16-38(17-19-39)24-9-7-23(8-10-24)35-29-34-21-26(30(31,32)33)28(36-29)40-27(13-20-41-40)22-5-3-2-4-6-22/h2-10,21,25,27H,11-20H2,1H3,(H,34,35,36). The number of anilines is 4. The van der Waals surface area contributed by atoms with Gasteiger partial charge >= 0.3 is 6.18 Å². The summed E-state index contributed by atoms with van der Waals surface area (Å²) in [6, 6.07) is 17.6. The second kappa shape index (κ2) is 11.8. The van der Waals surface area contributed by atoms with Crippen molar-refractivity contribution < 1.29 is 18.0 Å². The summed E-state index contributed by atoms with van der Waals surface area (Å²) in [6.07, 6.45) is -0.767. The molecule has 0 saturated carbocycles. The van der Waals surface area contributed by atoms with Crippen molar-refractivity contribution in [1.29, 1.82) is 0 Å². The molecule has 1 unspecified atom stereocenters. The molecule has 3 aliphatic rings. The third kappa shape index (κ3) is 6.27. The van der Waals surface area contributed by atoms with Gasteiger partial charge in [-0.2, -0.15) is 18.2 Å². The number of piperazine rings is 1. The van der Waals surface area contributed by atoms with Gasteiger partial charge in [0.15, 0.2) is 5.82 Å². The van der Waals surface area contributed by atoms with Crippen molar-refractivity contribution in [1.82, 2.24) is 19.8 Å². The number of piperidine rings is 1. The van der Waals surface area contributed by atoms with Gasteiger partial charge in [-0.05, 0) is 62.8 Å². The van der Waals surface area contributed by atoms with Crippen molar-refractivity contribution in [3.8, 4) is 0 Å². The van der Waals surface area contributed by atoms with Gasteiger partial charge in [-0.3, -0.25) is 9.74 Å². The van der Waals surface area contributed by atoms with E-state index < -0.39 is 11.7 Å². The molecular formula is C30H36F3N7O. The predicted octanol–water partition coefficient (Wildman–Crippen LogP) is 5.34. The first kappa shape index (κ1) is 27.7. The lowest BCUT2D eigenvalue weighted by atomic mass is 10.0. The summed E-state index contributed by atoms with van der Waals surface area (Å²) in [5.74, 6) is -0.213. The highest BCUT2D eigenvalue weighted by molar-refractivity contribution is 5.61. The van der Waals surface area contributed by atoms with Crippen LogP contribution in [0.4, 0.5) is 36.3 Å². The second-order valence-corrected chi connectivity index (χ2v) is 11.0. The summed E-state index contributed by atoms with van der Waals surface area (Å²) >= 11 is 0. The number of hydrogen-bond donors (Lipinski definition) is 1. The fourth-order valence-corrected chi connectivity index (χ4v) is 6.05. The number of nitrogens with one attached hydrogen (secondary N) is 1. The monoisotopic (exact) mass is 567 g/mol. The van der Waals surface area contributed by atoms with Crippen LogP contribution in [0.3, 0.4) is 0 Å². The quantitative estimate of drug-likeness (QED) is 0.429. The smallest absolute Gasteiger partial charge is 0.369 e. The van der Waals surface area contributed by atoms with Gasteiger partial charge in [0.05, 0.1) is 12.6 Å². The maximum Gasteiger partial charge on any atom is 0.421 e. The number of aromatic nitrogens is 2. The Bertz CT molecular complexity index is 1290. The molecule has 8 nitrogen and oxygen atoms in total. The van der Waals surface area contributed by atoms with Crippen LogP contribution >= 0.6 is 0 Å². The number of hydrogen-bond acceptors (Lipinski definition) is 8. The molecule has 1 atom stereocenters. The van der Waals surface area contributed by atoms with Crippen LogP contribution in [0.25, 0.3) is 0 Å². The molecule has 2 aromatic carbocycles. The Morgan fingerprint density at radius 2 is 1.59 bits per heavy atom. The SMILES string of the molecule is CN1CCC(N2CCN(c3ccc(Nc4ncc(C(F)(F)F)c(N5OCCC5c5ccccc5)n4)cc3)CC2)CC1. The van der Waals surface area contributed by atoms with Crippen LogP contribution in [0.5, 0.6) is 0 Å². The highest BCUT2D eigenvalue weighted by Crippen LogP contribution is 2.41. The Morgan fingerprint density at radius 1 is 0.878 bits per heavy atom. The maximum atomic E-state index is 14.0. The fraction of sp³-hybridized carbons (Fsp3) is 0.467. The van der Waals surface area contributed by atoms with E-state index in [4.69, 9.17) is 4.84 Å². The lowest BCUT2D eigenvalue weighted by Crippen LogP contribution is -2.52. The van der Waals surface area contributed by atoms with Crippen molar-refractivity contribution in [3.63, 3.8) is 0 Å². The van der Waals surface area contributed by atoms with Gasteiger partial charge in [0.2, 0.25) is 5.95 Å². The minimum atomic E-state index is -4.62. The molecule has 4 heterocycles. The Labute approximate surface area is 238 Å². The summed E-state index contributed by atoms with van der Waals surface area (Å²) in [7, 11) is 2.19. The molecule has 3 saturated heterocycles. The van der Waals surface area contributed by atoms with Gasteiger partial charge < -0.3 is 15.1 Å². The molecule has 1 N–H and O–H groups in total. The summed E-state index contributed by atoms with van der Waals surface area (Å²) in [5.41, 5.74) is 1.77. The van der Waals surface area contributed by atoms with E-state index in [0.29, 0.717) is 24.8 Å². The van der Waals surface area contributed by atoms with Crippen LogP contribution in [0.15, 0.2) is 60.8 Å². The summed E-state index contributed by atoms with van der Waals surface area (Å²) in [4.78, 5) is 21.4. The molecule has 3 aliphatic heterocycles. The maximum absolute atomic E-state index is 14.0. The number of benzene rings is 2. The van der Waals surface area contributed by atoms with Gasteiger partial charge in [-0.25, -0.2) is 10.0 Å². The molecule has 0 bridgehead atoms. The number of likely N-dealkylation sites (tertiary alicyclic amines) is 1. The van der Waals surface area contributed by atoms with Gasteiger partial charge in [-0.1, -0.05) is 30.3 Å². The molecule has 1 aromatic heterocycles. The van der Waals surface area contributed by atoms with Crippen LogP contribution < -0.4 is 15.3 Å². The van der Waals surface area contributed by atoms with Gasteiger partial charge in [0.1, 0.15) is 5.56 Å². The number of halogens is 3. The highest BCUT2D eigenvalue weighted by atomic mass is 19.4. The van der Waals surface area contributed by atoms with Crippen molar-refractivity contribution in [3.05, 3.63) is 71.9 Å². The second-order valence-electron chi connectivity index (χ2n) is 11.0. The predicted molar refractivity (Wildman–Crippen MR) is 153 cm³/mol. The topological polar surface area (TPSA) is 60.0 Å². The summed E-state index contributed by atoms with van der Waals surface area (Å²) in [5, 5.41) is 4.36. The molecule has 218 valence electrons. The van der Waals surface area contributed by atoms with E-state index in [2.05, 4.69) is 37.0 Å². The zero-order valence-corrected chi connectivity index (χ0v) is 23.2. The molecule has 0 radical (unpaired) electrons. The van der Waals surface area contributed by atoms with E-state index in [1.807, 2.05) is 54.6 Å². The van der Waals surface area contributed by atoms with E-state index in [9.17, 15) is 13.2 Å². The third-order valence-corrected chi connectivity index (χ3v) is 8.38. The normalized spacial score (nSPS) is 21.4.